The molecule has 0 saturated carbocycles. The third-order valence-electron chi connectivity index (χ3n) is 3.07. The minimum Gasteiger partial charge on any atom is -0.455 e. The van der Waals surface area contributed by atoms with E-state index in [0.29, 0.717) is 29.0 Å². The summed E-state index contributed by atoms with van der Waals surface area (Å²) in [6, 6.07) is 7.08. The number of nitrogens with zero attached hydrogens (tertiary/aromatic N) is 4. The van der Waals surface area contributed by atoms with Crippen molar-refractivity contribution in [1.29, 1.82) is 0 Å². The zero-order chi connectivity index (χ0) is 16.1. The lowest BCUT2D eigenvalue weighted by Gasteiger charge is -2.14. The minimum atomic E-state index is -0.174. The van der Waals surface area contributed by atoms with Crippen LogP contribution in [0.4, 0.5) is 0 Å². The molecule has 0 aliphatic rings. The lowest BCUT2D eigenvalue weighted by Crippen LogP contribution is -2.25. The van der Waals surface area contributed by atoms with Crippen molar-refractivity contribution in [1.82, 2.24) is 25.1 Å². The van der Waals surface area contributed by atoms with Crippen molar-refractivity contribution in [3.8, 4) is 0 Å². The SMILES string of the molecule is CN(Cc1ccn[nH]1)C(=O)c1ccc(CSc2ncccn2)o1. The van der Waals surface area contributed by atoms with E-state index in [1.165, 1.54) is 11.8 Å². The molecule has 0 aromatic carbocycles. The summed E-state index contributed by atoms with van der Waals surface area (Å²) in [5, 5.41) is 7.36. The van der Waals surface area contributed by atoms with Crippen LogP contribution in [-0.2, 0) is 12.3 Å². The standard InChI is InChI=1S/C15H15N5O2S/c1-20(9-11-5-8-18-19-11)14(21)13-4-3-12(22-13)10-23-15-16-6-2-7-17-15/h2-8H,9-10H2,1H3,(H,18,19). The first-order valence-electron chi connectivity index (χ1n) is 6.94. The van der Waals surface area contributed by atoms with E-state index in [0.717, 1.165) is 5.69 Å². The lowest BCUT2D eigenvalue weighted by molar-refractivity contribution is 0.0750. The first-order valence-corrected chi connectivity index (χ1v) is 7.93. The number of hydrogen-bond acceptors (Lipinski definition) is 6. The van der Waals surface area contributed by atoms with Gasteiger partial charge in [-0.25, -0.2) is 9.97 Å². The summed E-state index contributed by atoms with van der Waals surface area (Å²) in [6.45, 7) is 0.446. The van der Waals surface area contributed by atoms with E-state index < -0.39 is 0 Å². The van der Waals surface area contributed by atoms with Crippen LogP contribution in [0.2, 0.25) is 0 Å². The normalized spacial score (nSPS) is 10.7. The Kier molecular flexibility index (Phi) is 4.72. The Morgan fingerprint density at radius 3 is 2.83 bits per heavy atom. The summed E-state index contributed by atoms with van der Waals surface area (Å²) in [7, 11) is 1.72. The summed E-state index contributed by atoms with van der Waals surface area (Å²) in [6.07, 6.45) is 5.04. The van der Waals surface area contributed by atoms with Crippen LogP contribution < -0.4 is 0 Å². The molecule has 0 bridgehead atoms. The first-order chi connectivity index (χ1) is 11.2. The van der Waals surface area contributed by atoms with Gasteiger partial charge >= 0.3 is 0 Å². The van der Waals surface area contributed by atoms with Gasteiger partial charge in [0.05, 0.1) is 18.0 Å². The molecule has 0 unspecified atom stereocenters. The second-order valence-corrected chi connectivity index (χ2v) is 5.77. The predicted molar refractivity (Wildman–Crippen MR) is 84.7 cm³/mol. The fourth-order valence-corrected chi connectivity index (χ4v) is 2.65. The minimum absolute atomic E-state index is 0.174. The topological polar surface area (TPSA) is 87.9 Å². The van der Waals surface area contributed by atoms with Crippen LogP contribution in [0, 0.1) is 0 Å². The van der Waals surface area contributed by atoms with E-state index in [1.54, 1.807) is 48.7 Å². The molecule has 3 aromatic rings. The molecule has 3 aromatic heterocycles. The highest BCUT2D eigenvalue weighted by Crippen LogP contribution is 2.20. The van der Waals surface area contributed by atoms with Crippen molar-refractivity contribution < 1.29 is 9.21 Å². The van der Waals surface area contributed by atoms with Crippen LogP contribution in [0.15, 0.2) is 52.4 Å². The van der Waals surface area contributed by atoms with Gasteiger partial charge in [0.1, 0.15) is 5.76 Å². The number of aromatic nitrogens is 4. The Balaban J connectivity index is 1.58. The molecule has 0 fully saturated rings. The van der Waals surface area contributed by atoms with E-state index in [1.807, 2.05) is 6.07 Å². The second kappa shape index (κ2) is 7.10. The fraction of sp³-hybridized carbons (Fsp3) is 0.200. The van der Waals surface area contributed by atoms with Crippen LogP contribution in [0.5, 0.6) is 0 Å². The van der Waals surface area contributed by atoms with E-state index >= 15 is 0 Å². The maximum absolute atomic E-state index is 12.3. The van der Waals surface area contributed by atoms with Crippen LogP contribution in [0.3, 0.4) is 0 Å². The van der Waals surface area contributed by atoms with Gasteiger partial charge in [0, 0.05) is 25.6 Å². The molecular weight excluding hydrogens is 314 g/mol. The van der Waals surface area contributed by atoms with Crippen LogP contribution in [0.25, 0.3) is 0 Å². The number of rotatable bonds is 6. The van der Waals surface area contributed by atoms with Gasteiger partial charge in [0.25, 0.3) is 5.91 Å². The molecule has 0 atom stereocenters. The number of carbonyl (C=O) groups excluding carboxylic acids is 1. The molecule has 1 N–H and O–H groups in total. The number of carbonyl (C=O) groups is 1. The van der Waals surface area contributed by atoms with Crippen LogP contribution in [0.1, 0.15) is 22.0 Å². The van der Waals surface area contributed by atoms with Gasteiger partial charge in [0.15, 0.2) is 10.9 Å². The fourth-order valence-electron chi connectivity index (χ4n) is 1.95. The van der Waals surface area contributed by atoms with Crippen molar-refractivity contribution in [3.05, 3.63) is 60.1 Å². The van der Waals surface area contributed by atoms with Gasteiger partial charge in [-0.05, 0) is 24.3 Å². The Morgan fingerprint density at radius 2 is 2.09 bits per heavy atom. The Labute approximate surface area is 137 Å². The Morgan fingerprint density at radius 1 is 1.26 bits per heavy atom. The van der Waals surface area contributed by atoms with Crippen LogP contribution >= 0.6 is 11.8 Å². The van der Waals surface area contributed by atoms with Gasteiger partial charge in [-0.1, -0.05) is 11.8 Å². The number of H-pyrrole nitrogens is 1. The quantitative estimate of drug-likeness (QED) is 0.552. The van der Waals surface area contributed by atoms with Crippen molar-refractivity contribution in [2.75, 3.05) is 7.05 Å². The summed E-state index contributed by atoms with van der Waals surface area (Å²) in [5.41, 5.74) is 0.865. The second-order valence-electron chi connectivity index (χ2n) is 4.83. The number of aromatic amines is 1. The first kappa shape index (κ1) is 15.3. The molecule has 8 heteroatoms. The van der Waals surface area contributed by atoms with Gasteiger partial charge in [-0.2, -0.15) is 5.10 Å². The Hall–Kier alpha value is -2.61. The average Bonchev–Trinajstić information content (AvgIpc) is 3.25. The van der Waals surface area contributed by atoms with E-state index in [9.17, 15) is 4.79 Å². The van der Waals surface area contributed by atoms with Crippen molar-refractivity contribution in [2.45, 2.75) is 17.5 Å². The van der Waals surface area contributed by atoms with Gasteiger partial charge in [0.2, 0.25) is 0 Å². The highest BCUT2D eigenvalue weighted by atomic mass is 32.2. The molecular formula is C15H15N5O2S. The average molecular weight is 329 g/mol. The summed E-state index contributed by atoms with van der Waals surface area (Å²) in [4.78, 5) is 22.2. The van der Waals surface area contributed by atoms with Crippen molar-refractivity contribution in [3.63, 3.8) is 0 Å². The predicted octanol–water partition coefficient (Wildman–Crippen LogP) is 2.36. The van der Waals surface area contributed by atoms with Crippen molar-refractivity contribution in [2.24, 2.45) is 0 Å². The monoisotopic (exact) mass is 329 g/mol. The highest BCUT2D eigenvalue weighted by Gasteiger charge is 2.17. The zero-order valence-corrected chi connectivity index (χ0v) is 13.3. The largest absolute Gasteiger partial charge is 0.455 e. The molecule has 1 amide bonds. The molecule has 7 nitrogen and oxygen atoms in total. The lowest BCUT2D eigenvalue weighted by atomic mass is 10.3. The number of furan rings is 1. The molecule has 0 aliphatic carbocycles. The highest BCUT2D eigenvalue weighted by molar-refractivity contribution is 7.98. The van der Waals surface area contributed by atoms with Gasteiger partial charge < -0.3 is 9.32 Å². The van der Waals surface area contributed by atoms with Crippen LogP contribution in [-0.4, -0.2) is 38.0 Å². The summed E-state index contributed by atoms with van der Waals surface area (Å²) in [5.74, 6) is 1.42. The van der Waals surface area contributed by atoms with Gasteiger partial charge in [-0.15, -0.1) is 0 Å². The molecule has 0 spiro atoms. The molecule has 3 heterocycles. The zero-order valence-electron chi connectivity index (χ0n) is 12.5. The van der Waals surface area contributed by atoms with Gasteiger partial charge in [-0.3, -0.25) is 9.89 Å². The maximum atomic E-state index is 12.3. The number of nitrogens with one attached hydrogen (secondary N) is 1. The Bertz CT molecular complexity index is 757. The number of amides is 1. The maximum Gasteiger partial charge on any atom is 0.289 e. The number of thioether (sulfide) groups is 1. The molecule has 0 aliphatic heterocycles. The summed E-state index contributed by atoms with van der Waals surface area (Å²) >= 11 is 1.46. The number of hydrogen-bond donors (Lipinski definition) is 1. The molecule has 0 radical (unpaired) electrons. The summed E-state index contributed by atoms with van der Waals surface area (Å²) < 4.78 is 5.61. The van der Waals surface area contributed by atoms with E-state index in [-0.39, 0.29) is 5.91 Å². The van der Waals surface area contributed by atoms with Crippen molar-refractivity contribution >= 4 is 17.7 Å². The molecule has 3 rings (SSSR count). The molecule has 0 saturated heterocycles. The smallest absolute Gasteiger partial charge is 0.289 e. The third kappa shape index (κ3) is 3.98. The molecule has 118 valence electrons. The third-order valence-corrected chi connectivity index (χ3v) is 3.97. The van der Waals surface area contributed by atoms with E-state index in [2.05, 4.69) is 20.2 Å². The van der Waals surface area contributed by atoms with E-state index in [4.69, 9.17) is 4.42 Å². The molecule has 23 heavy (non-hydrogen) atoms.